The summed E-state index contributed by atoms with van der Waals surface area (Å²) in [5.74, 6) is 1.40. The number of hydrogen-bond donors (Lipinski definition) is 1. The van der Waals surface area contributed by atoms with Gasteiger partial charge in [0.05, 0.1) is 0 Å². The topological polar surface area (TPSA) is 43.8 Å². The first kappa shape index (κ1) is 12.6. The molecule has 2 rings (SSSR count). The molecule has 4 heteroatoms. The van der Waals surface area contributed by atoms with Crippen LogP contribution in [-0.4, -0.2) is 9.55 Å². The second-order valence-electron chi connectivity index (χ2n) is 4.58. The molecule has 2 aromatic rings. The third-order valence-electron chi connectivity index (χ3n) is 3.00. The van der Waals surface area contributed by atoms with Gasteiger partial charge in [-0.05, 0) is 19.1 Å². The highest BCUT2D eigenvalue weighted by Crippen LogP contribution is 2.30. The smallest absolute Gasteiger partial charge is 0.132 e. The van der Waals surface area contributed by atoms with Crippen molar-refractivity contribution in [2.24, 2.45) is 0 Å². The van der Waals surface area contributed by atoms with Gasteiger partial charge < -0.3 is 10.3 Å². The van der Waals surface area contributed by atoms with E-state index in [2.05, 4.69) is 18.8 Å². The Morgan fingerprint density at radius 3 is 2.50 bits per heavy atom. The number of hydrogen-bond acceptors (Lipinski definition) is 2. The maximum Gasteiger partial charge on any atom is 0.132 e. The molecule has 0 saturated carbocycles. The Morgan fingerprint density at radius 2 is 2.00 bits per heavy atom. The lowest BCUT2D eigenvalue weighted by Crippen LogP contribution is -2.06. The summed E-state index contributed by atoms with van der Waals surface area (Å²) in [6.07, 6.45) is 0. The lowest BCUT2D eigenvalue weighted by molar-refractivity contribution is 0.630. The highest BCUT2D eigenvalue weighted by Gasteiger charge is 2.19. The van der Waals surface area contributed by atoms with Crippen LogP contribution in [0.1, 0.15) is 32.5 Å². The van der Waals surface area contributed by atoms with Crippen LogP contribution < -0.4 is 5.73 Å². The van der Waals surface area contributed by atoms with Gasteiger partial charge in [0.15, 0.2) is 0 Å². The van der Waals surface area contributed by atoms with Gasteiger partial charge in [-0.3, -0.25) is 0 Å². The number of anilines is 1. The predicted octanol–water partition coefficient (Wildman–Crippen LogP) is 3.41. The molecule has 3 nitrogen and oxygen atoms in total. The fourth-order valence-corrected chi connectivity index (χ4v) is 2.11. The third kappa shape index (κ3) is 1.98. The number of nitrogen functional groups attached to an aromatic ring is 1. The summed E-state index contributed by atoms with van der Waals surface area (Å²) in [7, 11) is 0. The van der Waals surface area contributed by atoms with Gasteiger partial charge in [0, 0.05) is 18.0 Å². The van der Waals surface area contributed by atoms with Crippen LogP contribution in [0.5, 0.6) is 0 Å². The predicted molar refractivity (Wildman–Crippen MR) is 71.8 cm³/mol. The van der Waals surface area contributed by atoms with Crippen molar-refractivity contribution >= 4 is 5.82 Å². The first-order valence-corrected chi connectivity index (χ1v) is 6.17. The van der Waals surface area contributed by atoms with Crippen molar-refractivity contribution in [1.82, 2.24) is 9.55 Å². The fraction of sp³-hybridized carbons (Fsp3) is 0.357. The summed E-state index contributed by atoms with van der Waals surface area (Å²) >= 11 is 0. The molecule has 0 aliphatic rings. The van der Waals surface area contributed by atoms with Crippen molar-refractivity contribution in [2.75, 3.05) is 5.73 Å². The molecule has 0 radical (unpaired) electrons. The summed E-state index contributed by atoms with van der Waals surface area (Å²) in [6.45, 7) is 6.86. The minimum Gasteiger partial charge on any atom is -0.383 e. The van der Waals surface area contributed by atoms with E-state index in [1.54, 1.807) is 18.2 Å². The summed E-state index contributed by atoms with van der Waals surface area (Å²) < 4.78 is 15.7. The van der Waals surface area contributed by atoms with Crippen molar-refractivity contribution in [1.29, 1.82) is 0 Å². The van der Waals surface area contributed by atoms with Gasteiger partial charge in [0.1, 0.15) is 23.2 Å². The molecule has 0 atom stereocenters. The molecule has 1 aromatic carbocycles. The molecule has 0 amide bonds. The van der Waals surface area contributed by atoms with E-state index in [0.29, 0.717) is 17.1 Å². The van der Waals surface area contributed by atoms with Gasteiger partial charge in [-0.1, -0.05) is 26.0 Å². The summed E-state index contributed by atoms with van der Waals surface area (Å²) in [5, 5.41) is 0. The van der Waals surface area contributed by atoms with Crippen LogP contribution >= 0.6 is 0 Å². The summed E-state index contributed by atoms with van der Waals surface area (Å²) in [5.41, 5.74) is 7.09. The van der Waals surface area contributed by atoms with Crippen molar-refractivity contribution in [3.63, 3.8) is 0 Å². The van der Waals surface area contributed by atoms with E-state index in [1.807, 2.05) is 11.5 Å². The highest BCUT2D eigenvalue weighted by molar-refractivity contribution is 5.71. The molecule has 18 heavy (non-hydrogen) atoms. The van der Waals surface area contributed by atoms with Crippen LogP contribution in [0.3, 0.4) is 0 Å². The van der Waals surface area contributed by atoms with E-state index >= 15 is 0 Å². The fourth-order valence-electron chi connectivity index (χ4n) is 2.11. The average molecular weight is 247 g/mol. The number of aromatic nitrogens is 2. The number of halogens is 1. The van der Waals surface area contributed by atoms with Crippen molar-refractivity contribution in [3.05, 3.63) is 35.9 Å². The molecular formula is C14H18FN3. The second-order valence-corrected chi connectivity index (χ2v) is 4.58. The Morgan fingerprint density at radius 1 is 1.33 bits per heavy atom. The summed E-state index contributed by atoms with van der Waals surface area (Å²) in [6, 6.07) is 6.58. The Hall–Kier alpha value is -1.84. The van der Waals surface area contributed by atoms with Crippen LogP contribution in [0.4, 0.5) is 10.2 Å². The van der Waals surface area contributed by atoms with Gasteiger partial charge in [-0.15, -0.1) is 0 Å². The van der Waals surface area contributed by atoms with Crippen LogP contribution in [0.2, 0.25) is 0 Å². The van der Waals surface area contributed by atoms with Crippen LogP contribution in [-0.2, 0) is 6.54 Å². The zero-order valence-corrected chi connectivity index (χ0v) is 10.9. The molecule has 0 fully saturated rings. The van der Waals surface area contributed by atoms with Gasteiger partial charge in [-0.2, -0.15) is 0 Å². The maximum atomic E-state index is 13.8. The lowest BCUT2D eigenvalue weighted by Gasteiger charge is -2.08. The molecule has 0 aliphatic carbocycles. The third-order valence-corrected chi connectivity index (χ3v) is 3.00. The molecule has 96 valence electrons. The standard InChI is InChI=1S/C14H18FN3/c1-4-18-13(16)12(17-14(18)9(2)3)10-7-5-6-8-11(10)15/h5-9H,4,16H2,1-3H3. The Bertz CT molecular complexity index is 558. The van der Waals surface area contributed by atoms with E-state index in [4.69, 9.17) is 5.73 Å². The van der Waals surface area contributed by atoms with E-state index < -0.39 is 0 Å². The van der Waals surface area contributed by atoms with E-state index in [-0.39, 0.29) is 11.7 Å². The molecule has 0 aliphatic heterocycles. The number of benzene rings is 1. The molecule has 1 aromatic heterocycles. The van der Waals surface area contributed by atoms with Gasteiger partial charge in [0.25, 0.3) is 0 Å². The van der Waals surface area contributed by atoms with Crippen molar-refractivity contribution < 1.29 is 4.39 Å². The Labute approximate surface area is 106 Å². The zero-order chi connectivity index (χ0) is 13.3. The van der Waals surface area contributed by atoms with E-state index in [9.17, 15) is 4.39 Å². The normalized spacial score (nSPS) is 11.2. The molecule has 0 saturated heterocycles. The first-order chi connectivity index (χ1) is 8.56. The number of nitrogens with two attached hydrogens (primary N) is 1. The molecule has 1 heterocycles. The molecule has 2 N–H and O–H groups in total. The van der Waals surface area contributed by atoms with Gasteiger partial charge >= 0.3 is 0 Å². The summed E-state index contributed by atoms with van der Waals surface area (Å²) in [4.78, 5) is 4.51. The van der Waals surface area contributed by atoms with Gasteiger partial charge in [0.2, 0.25) is 0 Å². The zero-order valence-electron chi connectivity index (χ0n) is 10.9. The number of imidazole rings is 1. The number of rotatable bonds is 3. The molecule has 0 unspecified atom stereocenters. The van der Waals surface area contributed by atoms with E-state index in [1.165, 1.54) is 6.07 Å². The molecular weight excluding hydrogens is 229 g/mol. The first-order valence-electron chi connectivity index (χ1n) is 6.17. The minimum absolute atomic E-state index is 0.257. The van der Waals surface area contributed by atoms with Crippen molar-refractivity contribution in [2.45, 2.75) is 33.2 Å². The minimum atomic E-state index is -0.291. The van der Waals surface area contributed by atoms with Gasteiger partial charge in [-0.25, -0.2) is 9.37 Å². The number of nitrogens with zero attached hydrogens (tertiary/aromatic N) is 2. The van der Waals surface area contributed by atoms with Crippen LogP contribution in [0, 0.1) is 5.82 Å². The highest BCUT2D eigenvalue weighted by atomic mass is 19.1. The Kier molecular flexibility index (Phi) is 3.36. The SMILES string of the molecule is CCn1c(C(C)C)nc(-c2ccccc2F)c1N. The Balaban J connectivity index is 2.63. The maximum absolute atomic E-state index is 13.8. The lowest BCUT2D eigenvalue weighted by atomic mass is 10.1. The average Bonchev–Trinajstić information content (AvgIpc) is 2.67. The van der Waals surface area contributed by atoms with Crippen LogP contribution in [0.25, 0.3) is 11.3 Å². The quantitative estimate of drug-likeness (QED) is 0.903. The second kappa shape index (κ2) is 4.80. The van der Waals surface area contributed by atoms with Crippen LogP contribution in [0.15, 0.2) is 24.3 Å². The van der Waals surface area contributed by atoms with E-state index in [0.717, 1.165) is 12.4 Å². The largest absolute Gasteiger partial charge is 0.383 e. The molecule has 0 bridgehead atoms. The van der Waals surface area contributed by atoms with Crippen molar-refractivity contribution in [3.8, 4) is 11.3 Å². The monoisotopic (exact) mass is 247 g/mol. The molecule has 0 spiro atoms.